The van der Waals surface area contributed by atoms with E-state index in [4.69, 9.17) is 35.4 Å². The molecular weight excluding hydrogens is 388 g/mol. The Morgan fingerprint density at radius 3 is 2.56 bits per heavy atom. The van der Waals surface area contributed by atoms with Crippen molar-refractivity contribution in [3.05, 3.63) is 63.7 Å². The van der Waals surface area contributed by atoms with Gasteiger partial charge in [-0.25, -0.2) is 9.37 Å². The van der Waals surface area contributed by atoms with Gasteiger partial charge in [-0.05, 0) is 48.6 Å². The Morgan fingerprint density at radius 1 is 1.20 bits per heavy atom. The van der Waals surface area contributed by atoms with Crippen molar-refractivity contribution in [1.29, 1.82) is 0 Å². The second-order valence-corrected chi connectivity index (χ2v) is 6.15. The SMILES string of the molecule is O=C1NC(=S)N(c2ccc(Cl)cc2)C(=O)/C1=C/c1cc(F)cnc1Cl. The van der Waals surface area contributed by atoms with E-state index >= 15 is 0 Å². The largest absolute Gasteiger partial charge is 0.298 e. The summed E-state index contributed by atoms with van der Waals surface area (Å²) >= 11 is 16.8. The Hall–Kier alpha value is -2.35. The average Bonchev–Trinajstić information content (AvgIpc) is 2.56. The van der Waals surface area contributed by atoms with Crippen molar-refractivity contribution in [2.24, 2.45) is 0 Å². The molecule has 0 bridgehead atoms. The van der Waals surface area contributed by atoms with Gasteiger partial charge < -0.3 is 0 Å². The van der Waals surface area contributed by atoms with Gasteiger partial charge in [0.1, 0.15) is 16.5 Å². The van der Waals surface area contributed by atoms with Gasteiger partial charge in [0.2, 0.25) is 0 Å². The number of hydrogen-bond donors (Lipinski definition) is 1. The molecule has 0 atom stereocenters. The standard InChI is InChI=1S/C16H8Cl2FN3O2S/c17-9-1-3-11(4-2-9)22-15(24)12(14(23)21-16(22)25)6-8-5-10(19)7-20-13(8)18/h1-7H,(H,21,23,25)/b12-6+. The molecule has 2 aromatic rings. The van der Waals surface area contributed by atoms with Crippen LogP contribution in [0.25, 0.3) is 6.08 Å². The number of rotatable bonds is 2. The molecule has 2 heterocycles. The maximum Gasteiger partial charge on any atom is 0.270 e. The Labute approximate surface area is 157 Å². The first-order chi connectivity index (χ1) is 11.9. The highest BCUT2D eigenvalue weighted by atomic mass is 35.5. The van der Waals surface area contributed by atoms with Gasteiger partial charge in [-0.15, -0.1) is 0 Å². The molecule has 0 saturated carbocycles. The van der Waals surface area contributed by atoms with Crippen molar-refractivity contribution in [1.82, 2.24) is 10.3 Å². The summed E-state index contributed by atoms with van der Waals surface area (Å²) in [5.41, 5.74) is 0.274. The van der Waals surface area contributed by atoms with E-state index in [2.05, 4.69) is 10.3 Å². The number of nitrogens with one attached hydrogen (secondary N) is 1. The number of carbonyl (C=O) groups is 2. The predicted molar refractivity (Wildman–Crippen MR) is 96.9 cm³/mol. The summed E-state index contributed by atoms with van der Waals surface area (Å²) in [6, 6.07) is 7.40. The van der Waals surface area contributed by atoms with E-state index in [1.54, 1.807) is 24.3 Å². The molecule has 0 aliphatic carbocycles. The van der Waals surface area contributed by atoms with Crippen molar-refractivity contribution in [2.75, 3.05) is 4.90 Å². The van der Waals surface area contributed by atoms with Gasteiger partial charge in [0, 0.05) is 10.6 Å². The highest BCUT2D eigenvalue weighted by Gasteiger charge is 2.34. The van der Waals surface area contributed by atoms with Crippen LogP contribution in [0.2, 0.25) is 10.2 Å². The number of anilines is 1. The Kier molecular flexibility index (Phi) is 4.80. The molecule has 0 unspecified atom stereocenters. The fourth-order valence-electron chi connectivity index (χ4n) is 2.18. The molecule has 1 N–H and O–H groups in total. The first-order valence-corrected chi connectivity index (χ1v) is 8.01. The highest BCUT2D eigenvalue weighted by molar-refractivity contribution is 7.80. The summed E-state index contributed by atoms with van der Waals surface area (Å²) in [5, 5.41) is 2.79. The molecule has 2 amide bonds. The molecule has 1 saturated heterocycles. The molecule has 1 aromatic heterocycles. The van der Waals surface area contributed by atoms with Crippen molar-refractivity contribution < 1.29 is 14.0 Å². The molecule has 3 rings (SSSR count). The molecule has 0 radical (unpaired) electrons. The summed E-state index contributed by atoms with van der Waals surface area (Å²) in [6.07, 6.45) is 2.10. The third-order valence-electron chi connectivity index (χ3n) is 3.32. The number of thiocarbonyl (C=S) groups is 1. The lowest BCUT2D eigenvalue weighted by molar-refractivity contribution is -0.122. The Morgan fingerprint density at radius 2 is 1.88 bits per heavy atom. The maximum absolute atomic E-state index is 13.4. The number of hydrogen-bond acceptors (Lipinski definition) is 4. The van der Waals surface area contributed by atoms with Crippen molar-refractivity contribution >= 4 is 64.1 Å². The number of benzene rings is 1. The van der Waals surface area contributed by atoms with Crippen LogP contribution in [0.1, 0.15) is 5.56 Å². The molecular formula is C16H8Cl2FN3O2S. The number of amides is 2. The zero-order chi connectivity index (χ0) is 18.1. The van der Waals surface area contributed by atoms with Crippen LogP contribution in [0.5, 0.6) is 0 Å². The van der Waals surface area contributed by atoms with Gasteiger partial charge in [-0.3, -0.25) is 19.8 Å². The smallest absolute Gasteiger partial charge is 0.270 e. The summed E-state index contributed by atoms with van der Waals surface area (Å²) in [6.45, 7) is 0. The lowest BCUT2D eigenvalue weighted by Gasteiger charge is -2.28. The molecule has 1 aliphatic heterocycles. The van der Waals surface area contributed by atoms with Crippen LogP contribution in [0.15, 0.2) is 42.1 Å². The van der Waals surface area contributed by atoms with E-state index in [1.807, 2.05) is 0 Å². The number of carbonyl (C=O) groups excluding carboxylic acids is 2. The molecule has 5 nitrogen and oxygen atoms in total. The molecule has 126 valence electrons. The molecule has 1 aliphatic rings. The Balaban J connectivity index is 2.05. The normalized spacial score (nSPS) is 16.4. The monoisotopic (exact) mass is 395 g/mol. The fraction of sp³-hybridized carbons (Fsp3) is 0. The molecule has 1 aromatic carbocycles. The van der Waals surface area contributed by atoms with Gasteiger partial charge in [0.25, 0.3) is 11.8 Å². The summed E-state index contributed by atoms with van der Waals surface area (Å²) in [4.78, 5) is 29.7. The Bertz CT molecular complexity index is 931. The number of pyridine rings is 1. The number of nitrogens with zero attached hydrogens (tertiary/aromatic N) is 2. The van der Waals surface area contributed by atoms with Crippen molar-refractivity contribution in [3.8, 4) is 0 Å². The molecule has 9 heteroatoms. The van der Waals surface area contributed by atoms with Gasteiger partial charge in [-0.1, -0.05) is 23.2 Å². The lowest BCUT2D eigenvalue weighted by Crippen LogP contribution is -2.54. The molecule has 1 fully saturated rings. The van der Waals surface area contributed by atoms with Crippen LogP contribution in [-0.2, 0) is 9.59 Å². The van der Waals surface area contributed by atoms with E-state index in [1.165, 1.54) is 6.08 Å². The summed E-state index contributed by atoms with van der Waals surface area (Å²) < 4.78 is 13.4. The van der Waals surface area contributed by atoms with Gasteiger partial charge in [-0.2, -0.15) is 0 Å². The first-order valence-electron chi connectivity index (χ1n) is 6.85. The second-order valence-electron chi connectivity index (χ2n) is 4.97. The van der Waals surface area contributed by atoms with Crippen LogP contribution >= 0.6 is 35.4 Å². The zero-order valence-corrected chi connectivity index (χ0v) is 14.6. The third kappa shape index (κ3) is 3.53. The highest BCUT2D eigenvalue weighted by Crippen LogP contribution is 2.25. The summed E-state index contributed by atoms with van der Waals surface area (Å²) in [5.74, 6) is -2.03. The minimum atomic E-state index is -0.708. The number of aromatic nitrogens is 1. The van der Waals surface area contributed by atoms with Gasteiger partial charge in [0.15, 0.2) is 5.11 Å². The van der Waals surface area contributed by atoms with E-state index in [0.29, 0.717) is 10.7 Å². The molecule has 0 spiro atoms. The van der Waals surface area contributed by atoms with Gasteiger partial charge >= 0.3 is 0 Å². The van der Waals surface area contributed by atoms with E-state index in [9.17, 15) is 14.0 Å². The topological polar surface area (TPSA) is 62.3 Å². The average molecular weight is 396 g/mol. The van der Waals surface area contributed by atoms with Crippen molar-refractivity contribution in [3.63, 3.8) is 0 Å². The lowest BCUT2D eigenvalue weighted by atomic mass is 10.1. The van der Waals surface area contributed by atoms with Gasteiger partial charge in [0.05, 0.1) is 11.9 Å². The van der Waals surface area contributed by atoms with Crippen LogP contribution in [0, 0.1) is 5.82 Å². The predicted octanol–water partition coefficient (Wildman–Crippen LogP) is 3.36. The molecule has 25 heavy (non-hydrogen) atoms. The van der Waals surface area contributed by atoms with E-state index in [0.717, 1.165) is 17.2 Å². The minimum Gasteiger partial charge on any atom is -0.298 e. The van der Waals surface area contributed by atoms with Crippen LogP contribution < -0.4 is 10.2 Å². The van der Waals surface area contributed by atoms with E-state index < -0.39 is 17.6 Å². The third-order valence-corrected chi connectivity index (χ3v) is 4.17. The summed E-state index contributed by atoms with van der Waals surface area (Å²) in [7, 11) is 0. The van der Waals surface area contributed by atoms with Crippen molar-refractivity contribution in [2.45, 2.75) is 0 Å². The number of halogens is 3. The fourth-order valence-corrected chi connectivity index (χ4v) is 2.74. The first kappa shape index (κ1) is 17.5. The second kappa shape index (κ2) is 6.87. The van der Waals surface area contributed by atoms with Crippen LogP contribution in [0.3, 0.4) is 0 Å². The quantitative estimate of drug-likeness (QED) is 0.366. The van der Waals surface area contributed by atoms with E-state index in [-0.39, 0.29) is 21.4 Å². The maximum atomic E-state index is 13.4. The van der Waals surface area contributed by atoms with Crippen LogP contribution in [0.4, 0.5) is 10.1 Å². The van der Waals surface area contributed by atoms with Crippen LogP contribution in [-0.4, -0.2) is 21.9 Å². The minimum absolute atomic E-state index is 0.0410. The zero-order valence-electron chi connectivity index (χ0n) is 12.3.